The zero-order valence-electron chi connectivity index (χ0n) is 11.7. The predicted octanol–water partition coefficient (Wildman–Crippen LogP) is 2.08. The van der Waals surface area contributed by atoms with E-state index in [1.54, 1.807) is 6.20 Å². The van der Waals surface area contributed by atoms with Crippen LogP contribution < -0.4 is 10.6 Å². The zero-order chi connectivity index (χ0) is 14.5. The molecule has 2 N–H and O–H groups in total. The third kappa shape index (κ3) is 3.44. The van der Waals surface area contributed by atoms with Crippen molar-refractivity contribution in [2.24, 2.45) is 5.92 Å². The molecule has 0 saturated carbocycles. The van der Waals surface area contributed by atoms with E-state index in [2.05, 4.69) is 20.6 Å². The molecule has 108 valence electrons. The molecular weight excluding hydrogens is 264 g/mol. The fourth-order valence-corrected chi connectivity index (χ4v) is 2.54. The summed E-state index contributed by atoms with van der Waals surface area (Å²) in [5.74, 6) is 0.142. The molecule has 1 fully saturated rings. The Labute approximate surface area is 123 Å². The zero-order valence-corrected chi connectivity index (χ0v) is 11.7. The van der Waals surface area contributed by atoms with Crippen molar-refractivity contribution in [2.75, 3.05) is 18.4 Å². The van der Waals surface area contributed by atoms with E-state index < -0.39 is 0 Å². The van der Waals surface area contributed by atoms with E-state index in [1.165, 1.54) is 6.33 Å². The summed E-state index contributed by atoms with van der Waals surface area (Å²) in [5.41, 5.74) is 2.62. The van der Waals surface area contributed by atoms with Gasteiger partial charge in [-0.3, -0.25) is 4.79 Å². The SMILES string of the molecule is O=C(Nc1cccc(-c2ccncn2)c1)C1CCCNC1. The van der Waals surface area contributed by atoms with Crippen LogP contribution >= 0.6 is 0 Å². The summed E-state index contributed by atoms with van der Waals surface area (Å²) < 4.78 is 0. The van der Waals surface area contributed by atoms with Crippen molar-refractivity contribution in [3.05, 3.63) is 42.9 Å². The molecule has 21 heavy (non-hydrogen) atoms. The Hall–Kier alpha value is -2.27. The van der Waals surface area contributed by atoms with Crippen LogP contribution in [0.1, 0.15) is 12.8 Å². The summed E-state index contributed by atoms with van der Waals surface area (Å²) in [7, 11) is 0. The number of nitrogens with one attached hydrogen (secondary N) is 2. The Kier molecular flexibility index (Phi) is 4.21. The van der Waals surface area contributed by atoms with Crippen molar-refractivity contribution in [1.82, 2.24) is 15.3 Å². The summed E-state index contributed by atoms with van der Waals surface area (Å²) in [6.07, 6.45) is 5.24. The molecular formula is C16H18N4O. The second kappa shape index (κ2) is 6.45. The maximum Gasteiger partial charge on any atom is 0.228 e. The number of rotatable bonds is 3. The normalized spacial score (nSPS) is 18.2. The average Bonchev–Trinajstić information content (AvgIpc) is 2.57. The molecule has 5 heteroatoms. The summed E-state index contributed by atoms with van der Waals surface area (Å²) in [6.45, 7) is 1.77. The van der Waals surface area contributed by atoms with Crippen LogP contribution in [-0.2, 0) is 4.79 Å². The lowest BCUT2D eigenvalue weighted by atomic mass is 9.98. The summed E-state index contributed by atoms with van der Waals surface area (Å²) in [5, 5.41) is 6.26. The van der Waals surface area contributed by atoms with Crippen molar-refractivity contribution in [2.45, 2.75) is 12.8 Å². The van der Waals surface area contributed by atoms with Crippen molar-refractivity contribution in [3.8, 4) is 11.3 Å². The van der Waals surface area contributed by atoms with Crippen LogP contribution in [0.25, 0.3) is 11.3 Å². The van der Waals surface area contributed by atoms with Gasteiger partial charge in [-0.15, -0.1) is 0 Å². The van der Waals surface area contributed by atoms with Gasteiger partial charge in [-0.2, -0.15) is 0 Å². The Morgan fingerprint density at radius 3 is 3.05 bits per heavy atom. The summed E-state index contributed by atoms with van der Waals surface area (Å²) in [6, 6.07) is 9.59. The molecule has 1 atom stereocenters. The monoisotopic (exact) mass is 282 g/mol. The number of hydrogen-bond donors (Lipinski definition) is 2. The van der Waals surface area contributed by atoms with Gasteiger partial charge in [0.2, 0.25) is 5.91 Å². The molecule has 1 aliphatic heterocycles. The third-order valence-corrected chi connectivity index (χ3v) is 3.68. The molecule has 2 aromatic rings. The van der Waals surface area contributed by atoms with Crippen molar-refractivity contribution in [3.63, 3.8) is 0 Å². The van der Waals surface area contributed by atoms with E-state index in [4.69, 9.17) is 0 Å². The van der Waals surface area contributed by atoms with Gasteiger partial charge in [-0.1, -0.05) is 12.1 Å². The standard InChI is InChI=1S/C16H18N4O/c21-16(13-4-2-7-17-10-13)20-14-5-1-3-12(9-14)15-6-8-18-11-19-15/h1,3,5-6,8-9,11,13,17H,2,4,7,10H2,(H,20,21). The molecule has 1 amide bonds. The smallest absolute Gasteiger partial charge is 0.228 e. The highest BCUT2D eigenvalue weighted by Gasteiger charge is 2.20. The van der Waals surface area contributed by atoms with E-state index in [1.807, 2.05) is 30.3 Å². The molecule has 1 aromatic heterocycles. The fourth-order valence-electron chi connectivity index (χ4n) is 2.54. The number of benzene rings is 1. The first kappa shape index (κ1) is 13.7. The van der Waals surface area contributed by atoms with E-state index in [0.29, 0.717) is 0 Å². The van der Waals surface area contributed by atoms with Crippen LogP contribution in [0.15, 0.2) is 42.9 Å². The van der Waals surface area contributed by atoms with E-state index >= 15 is 0 Å². The first-order valence-electron chi connectivity index (χ1n) is 7.21. The molecule has 1 saturated heterocycles. The van der Waals surface area contributed by atoms with Crippen molar-refractivity contribution >= 4 is 11.6 Å². The molecule has 5 nitrogen and oxygen atoms in total. The summed E-state index contributed by atoms with van der Waals surface area (Å²) >= 11 is 0. The largest absolute Gasteiger partial charge is 0.326 e. The number of carbonyl (C=O) groups is 1. The molecule has 0 radical (unpaired) electrons. The highest BCUT2D eigenvalue weighted by molar-refractivity contribution is 5.93. The molecule has 3 rings (SSSR count). The second-order valence-electron chi connectivity index (χ2n) is 5.21. The molecule has 1 aliphatic rings. The van der Waals surface area contributed by atoms with Crippen LogP contribution in [0.2, 0.25) is 0 Å². The lowest BCUT2D eigenvalue weighted by Gasteiger charge is -2.22. The number of nitrogens with zero attached hydrogens (tertiary/aromatic N) is 2. The Bertz CT molecular complexity index is 609. The van der Waals surface area contributed by atoms with Crippen LogP contribution in [-0.4, -0.2) is 29.0 Å². The first-order valence-corrected chi connectivity index (χ1v) is 7.21. The van der Waals surface area contributed by atoms with Gasteiger partial charge in [0, 0.05) is 24.0 Å². The second-order valence-corrected chi connectivity index (χ2v) is 5.21. The van der Waals surface area contributed by atoms with Crippen LogP contribution in [0.5, 0.6) is 0 Å². The average molecular weight is 282 g/mol. The Morgan fingerprint density at radius 2 is 2.29 bits per heavy atom. The van der Waals surface area contributed by atoms with Crippen molar-refractivity contribution in [1.29, 1.82) is 0 Å². The number of carbonyl (C=O) groups excluding carboxylic acids is 1. The number of piperidine rings is 1. The van der Waals surface area contributed by atoms with Gasteiger partial charge in [-0.25, -0.2) is 9.97 Å². The lowest BCUT2D eigenvalue weighted by molar-refractivity contribution is -0.120. The molecule has 0 aliphatic carbocycles. The van der Waals surface area contributed by atoms with Gasteiger partial charge in [0.25, 0.3) is 0 Å². The summed E-state index contributed by atoms with van der Waals surface area (Å²) in [4.78, 5) is 20.4. The quantitative estimate of drug-likeness (QED) is 0.904. The molecule has 2 heterocycles. The lowest BCUT2D eigenvalue weighted by Crippen LogP contribution is -2.37. The molecule has 1 unspecified atom stereocenters. The minimum atomic E-state index is 0.0569. The maximum absolute atomic E-state index is 12.2. The van der Waals surface area contributed by atoms with Crippen LogP contribution in [0.3, 0.4) is 0 Å². The van der Waals surface area contributed by atoms with Gasteiger partial charge >= 0.3 is 0 Å². The van der Waals surface area contributed by atoms with E-state index in [9.17, 15) is 4.79 Å². The molecule has 0 bridgehead atoms. The number of hydrogen-bond acceptors (Lipinski definition) is 4. The minimum Gasteiger partial charge on any atom is -0.326 e. The van der Waals surface area contributed by atoms with Crippen molar-refractivity contribution < 1.29 is 4.79 Å². The predicted molar refractivity (Wildman–Crippen MR) is 81.7 cm³/mol. The Morgan fingerprint density at radius 1 is 1.33 bits per heavy atom. The topological polar surface area (TPSA) is 66.9 Å². The Balaban J connectivity index is 1.73. The molecule has 1 aromatic carbocycles. The number of amides is 1. The van der Waals surface area contributed by atoms with Crippen LogP contribution in [0, 0.1) is 5.92 Å². The third-order valence-electron chi connectivity index (χ3n) is 3.68. The van der Waals surface area contributed by atoms with Gasteiger partial charge in [-0.05, 0) is 37.6 Å². The minimum absolute atomic E-state index is 0.0569. The highest BCUT2D eigenvalue weighted by atomic mass is 16.1. The number of anilines is 1. The first-order chi connectivity index (χ1) is 10.3. The van der Waals surface area contributed by atoms with E-state index in [-0.39, 0.29) is 11.8 Å². The fraction of sp³-hybridized carbons (Fsp3) is 0.312. The maximum atomic E-state index is 12.2. The van der Waals surface area contributed by atoms with Gasteiger partial charge in [0.05, 0.1) is 11.6 Å². The van der Waals surface area contributed by atoms with Gasteiger partial charge in [0.1, 0.15) is 6.33 Å². The van der Waals surface area contributed by atoms with E-state index in [0.717, 1.165) is 42.9 Å². The van der Waals surface area contributed by atoms with Crippen LogP contribution in [0.4, 0.5) is 5.69 Å². The number of aromatic nitrogens is 2. The van der Waals surface area contributed by atoms with Gasteiger partial charge in [0.15, 0.2) is 0 Å². The molecule has 0 spiro atoms. The van der Waals surface area contributed by atoms with Gasteiger partial charge < -0.3 is 10.6 Å². The highest BCUT2D eigenvalue weighted by Crippen LogP contribution is 2.21.